The molecule has 0 aromatic heterocycles. The second kappa shape index (κ2) is 5.64. The van der Waals surface area contributed by atoms with Gasteiger partial charge in [0.25, 0.3) is 0 Å². The molecule has 1 nitrogen and oxygen atoms in total. The molecule has 0 aromatic rings. The van der Waals surface area contributed by atoms with Crippen LogP contribution in [0.15, 0.2) is 0 Å². The van der Waals surface area contributed by atoms with E-state index in [4.69, 9.17) is 0 Å². The predicted octanol–water partition coefficient (Wildman–Crippen LogP) is 3.20. The molecule has 0 spiro atoms. The van der Waals surface area contributed by atoms with E-state index in [0.717, 1.165) is 11.8 Å². The zero-order chi connectivity index (χ0) is 9.68. The first-order valence-corrected chi connectivity index (χ1v) is 5.92. The summed E-state index contributed by atoms with van der Waals surface area (Å²) in [5, 5.41) is 3.51. The average Bonchev–Trinajstić information content (AvgIpc) is 2.03. The van der Waals surface area contributed by atoms with Crippen molar-refractivity contribution in [2.45, 2.75) is 58.9 Å². The molecule has 0 amide bonds. The summed E-state index contributed by atoms with van der Waals surface area (Å²) < 4.78 is 0. The lowest BCUT2D eigenvalue weighted by molar-refractivity contribution is 0.266. The lowest BCUT2D eigenvalue weighted by Crippen LogP contribution is -2.26. The van der Waals surface area contributed by atoms with Gasteiger partial charge in [-0.1, -0.05) is 40.0 Å². The molecule has 2 unspecified atom stereocenters. The summed E-state index contributed by atoms with van der Waals surface area (Å²) in [6.45, 7) is 8.07. The van der Waals surface area contributed by atoms with E-state index in [2.05, 4.69) is 26.1 Å². The van der Waals surface area contributed by atoms with Crippen LogP contribution in [0.5, 0.6) is 0 Å². The van der Waals surface area contributed by atoms with E-state index < -0.39 is 0 Å². The van der Waals surface area contributed by atoms with Gasteiger partial charge in [-0.3, -0.25) is 0 Å². The monoisotopic (exact) mass is 183 g/mol. The van der Waals surface area contributed by atoms with Crippen LogP contribution < -0.4 is 5.32 Å². The molecule has 0 aliphatic heterocycles. The Morgan fingerprint density at radius 3 is 2.69 bits per heavy atom. The van der Waals surface area contributed by atoms with Crippen molar-refractivity contribution in [2.75, 3.05) is 6.54 Å². The van der Waals surface area contributed by atoms with Crippen molar-refractivity contribution in [3.05, 3.63) is 0 Å². The average molecular weight is 183 g/mol. The summed E-state index contributed by atoms with van der Waals surface area (Å²) in [6.07, 6.45) is 7.27. The third-order valence-electron chi connectivity index (χ3n) is 3.15. The Morgan fingerprint density at radius 2 is 2.08 bits per heavy atom. The van der Waals surface area contributed by atoms with Gasteiger partial charge >= 0.3 is 0 Å². The third-order valence-corrected chi connectivity index (χ3v) is 3.15. The van der Waals surface area contributed by atoms with Crippen molar-refractivity contribution in [3.63, 3.8) is 0 Å². The van der Waals surface area contributed by atoms with Crippen molar-refractivity contribution in [1.29, 1.82) is 0 Å². The first-order valence-electron chi connectivity index (χ1n) is 5.92. The van der Waals surface area contributed by atoms with Gasteiger partial charge in [0.15, 0.2) is 0 Å². The van der Waals surface area contributed by atoms with Crippen molar-refractivity contribution in [2.24, 2.45) is 11.8 Å². The van der Waals surface area contributed by atoms with Crippen LogP contribution >= 0.6 is 0 Å². The fourth-order valence-corrected chi connectivity index (χ4v) is 2.40. The van der Waals surface area contributed by atoms with Crippen LogP contribution in [-0.2, 0) is 0 Å². The molecule has 1 fully saturated rings. The maximum absolute atomic E-state index is 3.51. The highest BCUT2D eigenvalue weighted by Gasteiger charge is 2.17. The second-order valence-corrected chi connectivity index (χ2v) is 5.04. The lowest BCUT2D eigenvalue weighted by atomic mass is 9.81. The minimum Gasteiger partial charge on any atom is -0.315 e. The quantitative estimate of drug-likeness (QED) is 0.706. The maximum Gasteiger partial charge on any atom is 0.00103 e. The van der Waals surface area contributed by atoms with Gasteiger partial charge < -0.3 is 5.32 Å². The minimum absolute atomic E-state index is 0.654. The Balaban J connectivity index is 2.06. The third kappa shape index (κ3) is 4.66. The van der Waals surface area contributed by atoms with Gasteiger partial charge in [0.05, 0.1) is 0 Å². The van der Waals surface area contributed by atoms with E-state index in [1.165, 1.54) is 38.6 Å². The van der Waals surface area contributed by atoms with E-state index >= 15 is 0 Å². The smallest absolute Gasteiger partial charge is 0.00103 e. The van der Waals surface area contributed by atoms with Crippen LogP contribution in [0, 0.1) is 11.8 Å². The SMILES string of the molecule is CC1CCCC(CCNC(C)C)C1. The molecule has 1 N–H and O–H groups in total. The van der Waals surface area contributed by atoms with Crippen molar-refractivity contribution < 1.29 is 0 Å². The molecule has 0 radical (unpaired) electrons. The van der Waals surface area contributed by atoms with Gasteiger partial charge in [-0.2, -0.15) is 0 Å². The van der Waals surface area contributed by atoms with Gasteiger partial charge in [0.1, 0.15) is 0 Å². The number of hydrogen-bond donors (Lipinski definition) is 1. The van der Waals surface area contributed by atoms with Crippen LogP contribution in [0.2, 0.25) is 0 Å². The molecule has 2 atom stereocenters. The van der Waals surface area contributed by atoms with E-state index in [1.807, 2.05) is 0 Å². The number of nitrogens with one attached hydrogen (secondary N) is 1. The Bertz CT molecular complexity index is 131. The summed E-state index contributed by atoms with van der Waals surface area (Å²) >= 11 is 0. The predicted molar refractivity (Wildman–Crippen MR) is 58.9 cm³/mol. The van der Waals surface area contributed by atoms with E-state index in [1.54, 1.807) is 0 Å². The molecule has 0 heterocycles. The molecule has 78 valence electrons. The highest BCUT2D eigenvalue weighted by molar-refractivity contribution is 4.71. The molecule has 13 heavy (non-hydrogen) atoms. The maximum atomic E-state index is 3.51. The summed E-state index contributed by atoms with van der Waals surface area (Å²) in [6, 6.07) is 0.654. The first kappa shape index (κ1) is 11.0. The van der Waals surface area contributed by atoms with Gasteiger partial charge in [-0.25, -0.2) is 0 Å². The molecule has 1 aliphatic carbocycles. The standard InChI is InChI=1S/C12H25N/c1-10(2)13-8-7-12-6-4-5-11(3)9-12/h10-13H,4-9H2,1-3H3. The summed E-state index contributed by atoms with van der Waals surface area (Å²) in [5.74, 6) is 1.99. The Labute approximate surface area is 83.3 Å². The zero-order valence-corrected chi connectivity index (χ0v) is 9.47. The van der Waals surface area contributed by atoms with Crippen molar-refractivity contribution in [3.8, 4) is 0 Å². The van der Waals surface area contributed by atoms with Gasteiger partial charge in [-0.15, -0.1) is 0 Å². The minimum atomic E-state index is 0.654. The largest absolute Gasteiger partial charge is 0.315 e. The number of hydrogen-bond acceptors (Lipinski definition) is 1. The molecular weight excluding hydrogens is 158 g/mol. The molecular formula is C12H25N. The fraction of sp³-hybridized carbons (Fsp3) is 1.00. The summed E-state index contributed by atoms with van der Waals surface area (Å²) in [7, 11) is 0. The normalized spacial score (nSPS) is 29.5. The zero-order valence-electron chi connectivity index (χ0n) is 9.47. The van der Waals surface area contributed by atoms with Crippen LogP contribution in [0.1, 0.15) is 52.9 Å². The van der Waals surface area contributed by atoms with Crippen LogP contribution in [0.3, 0.4) is 0 Å². The van der Waals surface area contributed by atoms with Gasteiger partial charge in [0.2, 0.25) is 0 Å². The van der Waals surface area contributed by atoms with Crippen LogP contribution in [0.4, 0.5) is 0 Å². The van der Waals surface area contributed by atoms with Crippen molar-refractivity contribution >= 4 is 0 Å². The van der Waals surface area contributed by atoms with Crippen molar-refractivity contribution in [1.82, 2.24) is 5.32 Å². The molecule has 1 heteroatoms. The molecule has 0 saturated heterocycles. The van der Waals surface area contributed by atoms with Gasteiger partial charge in [0, 0.05) is 6.04 Å². The Hall–Kier alpha value is -0.0400. The molecule has 0 aromatic carbocycles. The topological polar surface area (TPSA) is 12.0 Å². The van der Waals surface area contributed by atoms with Gasteiger partial charge in [-0.05, 0) is 31.2 Å². The Morgan fingerprint density at radius 1 is 1.31 bits per heavy atom. The Kier molecular flexibility index (Phi) is 4.79. The van der Waals surface area contributed by atoms with E-state index in [-0.39, 0.29) is 0 Å². The number of rotatable bonds is 4. The van der Waals surface area contributed by atoms with Crippen LogP contribution in [0.25, 0.3) is 0 Å². The molecule has 1 rings (SSSR count). The highest BCUT2D eigenvalue weighted by Crippen LogP contribution is 2.30. The van der Waals surface area contributed by atoms with Crippen LogP contribution in [-0.4, -0.2) is 12.6 Å². The molecule has 1 saturated carbocycles. The second-order valence-electron chi connectivity index (χ2n) is 5.04. The van der Waals surface area contributed by atoms with E-state index in [0.29, 0.717) is 6.04 Å². The lowest BCUT2D eigenvalue weighted by Gasteiger charge is -2.26. The van der Waals surface area contributed by atoms with E-state index in [9.17, 15) is 0 Å². The fourth-order valence-electron chi connectivity index (χ4n) is 2.40. The molecule has 1 aliphatic rings. The summed E-state index contributed by atoms with van der Waals surface area (Å²) in [4.78, 5) is 0. The summed E-state index contributed by atoms with van der Waals surface area (Å²) in [5.41, 5.74) is 0. The highest BCUT2D eigenvalue weighted by atomic mass is 14.9. The first-order chi connectivity index (χ1) is 6.18. The molecule has 0 bridgehead atoms.